The van der Waals surface area contributed by atoms with Crippen LogP contribution in [-0.2, 0) is 15.8 Å². The van der Waals surface area contributed by atoms with Crippen molar-refractivity contribution in [3.63, 3.8) is 0 Å². The van der Waals surface area contributed by atoms with Crippen LogP contribution >= 0.6 is 34.8 Å². The van der Waals surface area contributed by atoms with Crippen molar-refractivity contribution < 1.29 is 14.5 Å². The van der Waals surface area contributed by atoms with E-state index in [1.165, 1.54) is 12.1 Å². The highest BCUT2D eigenvalue weighted by Crippen LogP contribution is 2.42. The van der Waals surface area contributed by atoms with Crippen LogP contribution in [0, 0.1) is 10.1 Å². The fourth-order valence-corrected chi connectivity index (χ4v) is 3.51. The fraction of sp³-hybridized carbons (Fsp3) is 0.188. The molecule has 0 fully saturated rings. The van der Waals surface area contributed by atoms with Crippen molar-refractivity contribution in [1.82, 2.24) is 4.72 Å². The number of hydrogen-bond donors (Lipinski definition) is 1. The minimum absolute atomic E-state index is 0.0336. The molecular weight excluding hydrogens is 423 g/mol. The van der Waals surface area contributed by atoms with E-state index in [9.17, 15) is 14.9 Å². The van der Waals surface area contributed by atoms with Crippen LogP contribution in [0.25, 0.3) is 0 Å². The molecule has 1 N–H and O–H groups in total. The van der Waals surface area contributed by atoms with Crippen molar-refractivity contribution in [2.24, 2.45) is 0 Å². The highest BCUT2D eigenvalue weighted by molar-refractivity contribution is 7.94. The third kappa shape index (κ3) is 5.67. The van der Waals surface area contributed by atoms with E-state index in [2.05, 4.69) is 4.72 Å². The second-order valence-electron chi connectivity index (χ2n) is 5.10. The number of carbonyl (C=O) groups excluding carboxylic acids is 1. The molecule has 10 heteroatoms. The van der Waals surface area contributed by atoms with Gasteiger partial charge in [-0.05, 0) is 5.56 Å². The molecule has 0 aromatic heterocycles. The Kier molecular flexibility index (Phi) is 7.00. The molecule has 0 bridgehead atoms. The molecule has 2 aromatic rings. The molecule has 26 heavy (non-hydrogen) atoms. The van der Waals surface area contributed by atoms with Crippen LogP contribution in [0.2, 0.25) is 0 Å². The normalized spacial score (nSPS) is 13.5. The predicted octanol–water partition coefficient (Wildman–Crippen LogP) is 4.95. The molecule has 6 nitrogen and oxygen atoms in total. The van der Waals surface area contributed by atoms with E-state index < -0.39 is 32.0 Å². The van der Waals surface area contributed by atoms with Gasteiger partial charge in [-0.1, -0.05) is 65.1 Å². The SMILES string of the molecule is C[S+](NC(=O)O[C@@H](c1ccccc1)C(Cl)(Cl)Cl)c1ccc([N+](=O)[O-])cc1. The Bertz CT molecular complexity index is 769. The van der Waals surface area contributed by atoms with Gasteiger partial charge in [0.25, 0.3) is 5.69 Å². The number of rotatable bonds is 5. The van der Waals surface area contributed by atoms with Gasteiger partial charge in [0.2, 0.25) is 3.79 Å². The summed E-state index contributed by atoms with van der Waals surface area (Å²) >= 11 is 17.1. The summed E-state index contributed by atoms with van der Waals surface area (Å²) in [5.74, 6) is 0. The Hall–Kier alpha value is -1.67. The molecule has 0 aliphatic heterocycles. The minimum Gasteiger partial charge on any atom is -0.434 e. The van der Waals surface area contributed by atoms with E-state index >= 15 is 0 Å². The number of carbonyl (C=O) groups is 1. The topological polar surface area (TPSA) is 81.5 Å². The monoisotopic (exact) mass is 435 g/mol. The zero-order valence-corrected chi connectivity index (χ0v) is 16.5. The average Bonchev–Trinajstić information content (AvgIpc) is 2.59. The van der Waals surface area contributed by atoms with E-state index in [4.69, 9.17) is 39.5 Å². The lowest BCUT2D eigenvalue weighted by Crippen LogP contribution is -2.34. The zero-order valence-electron chi connectivity index (χ0n) is 13.4. The average molecular weight is 437 g/mol. The summed E-state index contributed by atoms with van der Waals surface area (Å²) in [6, 6.07) is 14.5. The van der Waals surface area contributed by atoms with Gasteiger partial charge in [-0.3, -0.25) is 10.1 Å². The molecule has 0 saturated heterocycles. The minimum atomic E-state index is -1.85. The number of non-ortho nitro benzene ring substituents is 1. The van der Waals surface area contributed by atoms with Crippen LogP contribution in [0.5, 0.6) is 0 Å². The Labute approximate surface area is 168 Å². The van der Waals surface area contributed by atoms with Gasteiger partial charge in [-0.2, -0.15) is 0 Å². The van der Waals surface area contributed by atoms with E-state index in [1.54, 1.807) is 48.7 Å². The molecular formula is C16H14Cl3N2O4S+. The summed E-state index contributed by atoms with van der Waals surface area (Å²) in [4.78, 5) is 23.1. The fourth-order valence-electron chi connectivity index (χ4n) is 2.04. The predicted molar refractivity (Wildman–Crippen MR) is 104 cm³/mol. The smallest absolute Gasteiger partial charge is 0.434 e. The van der Waals surface area contributed by atoms with Crippen molar-refractivity contribution in [3.8, 4) is 0 Å². The number of hydrogen-bond acceptors (Lipinski definition) is 4. The molecule has 0 aliphatic rings. The van der Waals surface area contributed by atoms with E-state index in [0.29, 0.717) is 10.5 Å². The number of nitrogens with zero attached hydrogens (tertiary/aromatic N) is 1. The first-order valence-corrected chi connectivity index (χ1v) is 9.94. The third-order valence-electron chi connectivity index (χ3n) is 3.26. The van der Waals surface area contributed by atoms with Gasteiger partial charge in [-0.15, -0.1) is 4.72 Å². The molecule has 1 unspecified atom stereocenters. The van der Waals surface area contributed by atoms with Crippen LogP contribution in [-0.4, -0.2) is 21.1 Å². The first kappa shape index (κ1) is 20.6. The van der Waals surface area contributed by atoms with Crippen molar-refractivity contribution in [1.29, 1.82) is 0 Å². The molecule has 2 atom stereocenters. The van der Waals surface area contributed by atoms with Gasteiger partial charge in [0, 0.05) is 24.3 Å². The van der Waals surface area contributed by atoms with Gasteiger partial charge < -0.3 is 4.74 Å². The van der Waals surface area contributed by atoms with Crippen molar-refractivity contribution in [2.45, 2.75) is 14.8 Å². The van der Waals surface area contributed by atoms with Crippen molar-refractivity contribution in [3.05, 3.63) is 70.3 Å². The quantitative estimate of drug-likeness (QED) is 0.311. The molecule has 0 spiro atoms. The van der Waals surface area contributed by atoms with Gasteiger partial charge >= 0.3 is 6.09 Å². The Morgan fingerprint density at radius 1 is 1.15 bits per heavy atom. The molecule has 1 amide bonds. The molecule has 0 heterocycles. The largest absolute Gasteiger partial charge is 0.450 e. The lowest BCUT2D eigenvalue weighted by Gasteiger charge is -2.24. The van der Waals surface area contributed by atoms with Gasteiger partial charge in [0.1, 0.15) is 17.3 Å². The summed E-state index contributed by atoms with van der Waals surface area (Å²) in [6.45, 7) is 0. The highest BCUT2D eigenvalue weighted by Gasteiger charge is 2.38. The number of nitro groups is 1. The van der Waals surface area contributed by atoms with Gasteiger partial charge in [0.15, 0.2) is 11.0 Å². The van der Waals surface area contributed by atoms with E-state index in [-0.39, 0.29) is 5.69 Å². The van der Waals surface area contributed by atoms with Crippen LogP contribution in [0.1, 0.15) is 11.7 Å². The summed E-state index contributed by atoms with van der Waals surface area (Å²) in [5, 5.41) is 10.7. The Balaban J connectivity index is 2.06. The summed E-state index contributed by atoms with van der Waals surface area (Å²) in [6.07, 6.45) is -0.133. The van der Waals surface area contributed by atoms with Gasteiger partial charge in [0.05, 0.1) is 4.92 Å². The highest BCUT2D eigenvalue weighted by atomic mass is 35.6. The lowest BCUT2D eigenvalue weighted by atomic mass is 10.1. The van der Waals surface area contributed by atoms with Crippen LogP contribution in [0.3, 0.4) is 0 Å². The second kappa shape index (κ2) is 8.81. The first-order chi connectivity index (χ1) is 12.2. The summed E-state index contributed by atoms with van der Waals surface area (Å²) in [5.41, 5.74) is 0.502. The molecule has 2 rings (SSSR count). The maximum Gasteiger partial charge on any atom is 0.450 e. The lowest BCUT2D eigenvalue weighted by molar-refractivity contribution is -0.384. The van der Waals surface area contributed by atoms with Crippen LogP contribution < -0.4 is 4.72 Å². The molecule has 2 aromatic carbocycles. The summed E-state index contributed by atoms with van der Waals surface area (Å²) < 4.78 is 6.10. The zero-order chi connectivity index (χ0) is 19.3. The van der Waals surface area contributed by atoms with E-state index in [0.717, 1.165) is 0 Å². The maximum absolute atomic E-state index is 12.2. The first-order valence-electron chi connectivity index (χ1n) is 7.18. The number of nitro benzene ring substituents is 1. The van der Waals surface area contributed by atoms with Crippen molar-refractivity contribution >= 4 is 57.7 Å². The Morgan fingerprint density at radius 3 is 2.23 bits per heavy atom. The number of nitrogens with one attached hydrogen (secondary N) is 1. The molecule has 0 radical (unpaired) electrons. The summed E-state index contributed by atoms with van der Waals surface area (Å²) in [7, 11) is 0. The van der Waals surface area contributed by atoms with Crippen LogP contribution in [0.15, 0.2) is 59.5 Å². The third-order valence-corrected chi connectivity index (χ3v) is 5.31. The molecule has 0 saturated carbocycles. The number of ether oxygens (including phenoxy) is 1. The number of alkyl halides is 3. The standard InChI is InChI=1S/C16H13Cl3N2O4S/c1-26(13-9-7-12(8-10-13)21(23)24)20-15(22)25-14(16(17,18)19)11-5-3-2-4-6-11/h2-10,14H,1H3/p+1/t14-,26?/m0/s1. The molecule has 0 aliphatic carbocycles. The molecule has 138 valence electrons. The van der Waals surface area contributed by atoms with Crippen LogP contribution in [0.4, 0.5) is 10.5 Å². The van der Waals surface area contributed by atoms with Crippen molar-refractivity contribution in [2.75, 3.05) is 6.26 Å². The number of halogens is 3. The Morgan fingerprint density at radius 2 is 1.73 bits per heavy atom. The second-order valence-corrected chi connectivity index (χ2v) is 9.17. The number of amides is 1. The van der Waals surface area contributed by atoms with E-state index in [1.807, 2.05) is 0 Å². The number of benzene rings is 2. The maximum atomic E-state index is 12.2. The van der Waals surface area contributed by atoms with Gasteiger partial charge in [-0.25, -0.2) is 4.79 Å².